The Hall–Kier alpha value is -1.29. The summed E-state index contributed by atoms with van der Waals surface area (Å²) in [6.45, 7) is 1.96. The molecule has 0 N–H and O–H groups in total. The molecule has 1 rings (SSSR count). The smallest absolute Gasteiger partial charge is 0.310 e. The van der Waals surface area contributed by atoms with E-state index >= 15 is 0 Å². The molecule has 1 aromatic rings. The SMILES string of the molecule is CCOC(=O)Cc1ccc(Cl)c(OC)c1F. The summed E-state index contributed by atoms with van der Waals surface area (Å²) in [6, 6.07) is 2.93. The Labute approximate surface area is 98.1 Å². The minimum atomic E-state index is -0.622. The molecule has 5 heteroatoms. The lowest BCUT2D eigenvalue weighted by atomic mass is 10.1. The van der Waals surface area contributed by atoms with Crippen LogP contribution in [0, 0.1) is 5.82 Å². The molecule has 0 aliphatic carbocycles. The van der Waals surface area contributed by atoms with Crippen LogP contribution in [-0.2, 0) is 16.0 Å². The summed E-state index contributed by atoms with van der Waals surface area (Å²) >= 11 is 5.72. The van der Waals surface area contributed by atoms with Crippen LogP contribution in [0.15, 0.2) is 12.1 Å². The Morgan fingerprint density at radius 2 is 2.19 bits per heavy atom. The summed E-state index contributed by atoms with van der Waals surface area (Å²) in [4.78, 5) is 11.2. The van der Waals surface area contributed by atoms with Crippen LogP contribution in [0.5, 0.6) is 5.75 Å². The Morgan fingerprint density at radius 3 is 2.75 bits per heavy atom. The van der Waals surface area contributed by atoms with Crippen molar-refractivity contribution in [3.8, 4) is 5.75 Å². The number of carbonyl (C=O) groups excluding carboxylic acids is 1. The predicted octanol–water partition coefficient (Wildman–Crippen LogP) is 2.59. The molecule has 1 aromatic carbocycles. The van der Waals surface area contributed by atoms with Crippen molar-refractivity contribution >= 4 is 17.6 Å². The third-order valence-corrected chi connectivity index (χ3v) is 2.27. The molecular weight excluding hydrogens is 235 g/mol. The Balaban J connectivity index is 2.93. The largest absolute Gasteiger partial charge is 0.492 e. The van der Waals surface area contributed by atoms with Gasteiger partial charge in [0.15, 0.2) is 11.6 Å². The van der Waals surface area contributed by atoms with Crippen LogP contribution in [0.1, 0.15) is 12.5 Å². The highest BCUT2D eigenvalue weighted by molar-refractivity contribution is 6.32. The third-order valence-electron chi connectivity index (χ3n) is 1.97. The summed E-state index contributed by atoms with van der Waals surface area (Å²) in [6.07, 6.45) is -0.132. The molecule has 0 heterocycles. The maximum absolute atomic E-state index is 13.7. The number of ether oxygens (including phenoxy) is 2. The summed E-state index contributed by atoms with van der Waals surface area (Å²) in [5.41, 5.74) is 0.208. The topological polar surface area (TPSA) is 35.5 Å². The zero-order chi connectivity index (χ0) is 12.1. The second-order valence-electron chi connectivity index (χ2n) is 3.04. The van der Waals surface area contributed by atoms with Gasteiger partial charge in [-0.15, -0.1) is 0 Å². The van der Waals surface area contributed by atoms with Crippen LogP contribution in [0.4, 0.5) is 4.39 Å². The number of esters is 1. The fourth-order valence-electron chi connectivity index (χ4n) is 1.26. The zero-order valence-electron chi connectivity index (χ0n) is 9.05. The van der Waals surface area contributed by atoms with Gasteiger partial charge < -0.3 is 9.47 Å². The average molecular weight is 247 g/mol. The molecule has 0 aliphatic heterocycles. The second-order valence-corrected chi connectivity index (χ2v) is 3.44. The molecule has 0 spiro atoms. The molecule has 0 aromatic heterocycles. The molecular formula is C11H12ClFO3. The molecule has 0 aliphatic rings. The van der Waals surface area contributed by atoms with Gasteiger partial charge in [0.2, 0.25) is 0 Å². The highest BCUT2D eigenvalue weighted by Crippen LogP contribution is 2.29. The van der Waals surface area contributed by atoms with Crippen LogP contribution in [0.3, 0.4) is 0 Å². The average Bonchev–Trinajstić information content (AvgIpc) is 2.23. The van der Waals surface area contributed by atoms with Gasteiger partial charge in [-0.3, -0.25) is 4.79 Å². The van der Waals surface area contributed by atoms with Crippen LogP contribution in [0.25, 0.3) is 0 Å². The molecule has 0 fully saturated rings. The lowest BCUT2D eigenvalue weighted by molar-refractivity contribution is -0.142. The van der Waals surface area contributed by atoms with Gasteiger partial charge in [0.05, 0.1) is 25.2 Å². The first kappa shape index (κ1) is 12.8. The van der Waals surface area contributed by atoms with Crippen LogP contribution in [0.2, 0.25) is 5.02 Å². The van der Waals surface area contributed by atoms with E-state index in [1.807, 2.05) is 0 Å². The first-order valence-corrected chi connectivity index (χ1v) is 5.14. The first-order chi connectivity index (χ1) is 7.60. The molecule has 0 radical (unpaired) electrons. The quantitative estimate of drug-likeness (QED) is 0.766. The van der Waals surface area contributed by atoms with Gasteiger partial charge in [-0.2, -0.15) is 0 Å². The fraction of sp³-hybridized carbons (Fsp3) is 0.364. The lowest BCUT2D eigenvalue weighted by Gasteiger charge is -2.08. The van der Waals surface area contributed by atoms with Crippen LogP contribution in [-0.4, -0.2) is 19.7 Å². The highest BCUT2D eigenvalue weighted by Gasteiger charge is 2.15. The van der Waals surface area contributed by atoms with E-state index in [9.17, 15) is 9.18 Å². The van der Waals surface area contributed by atoms with E-state index in [2.05, 4.69) is 0 Å². The van der Waals surface area contributed by atoms with Crippen molar-refractivity contribution in [1.29, 1.82) is 0 Å². The summed E-state index contributed by atoms with van der Waals surface area (Å²) in [7, 11) is 1.32. The van der Waals surface area contributed by atoms with Crippen LogP contribution >= 0.6 is 11.6 Å². The number of rotatable bonds is 4. The summed E-state index contributed by atoms with van der Waals surface area (Å²) < 4.78 is 23.2. The minimum Gasteiger partial charge on any atom is -0.492 e. The minimum absolute atomic E-state index is 0.0523. The molecule has 0 saturated carbocycles. The van der Waals surface area contributed by atoms with Gasteiger partial charge in [0, 0.05) is 5.56 Å². The first-order valence-electron chi connectivity index (χ1n) is 4.76. The fourth-order valence-corrected chi connectivity index (χ4v) is 1.49. The predicted molar refractivity (Wildman–Crippen MR) is 58.3 cm³/mol. The van der Waals surface area contributed by atoms with Gasteiger partial charge >= 0.3 is 5.97 Å². The van der Waals surface area contributed by atoms with E-state index in [-0.39, 0.29) is 29.4 Å². The molecule has 88 valence electrons. The maximum Gasteiger partial charge on any atom is 0.310 e. The van der Waals surface area contributed by atoms with E-state index in [4.69, 9.17) is 21.1 Å². The van der Waals surface area contributed by atoms with Crippen molar-refractivity contribution < 1.29 is 18.7 Å². The monoisotopic (exact) mass is 246 g/mol. The molecule has 0 atom stereocenters. The van der Waals surface area contributed by atoms with Gasteiger partial charge in [-0.25, -0.2) is 4.39 Å². The number of methoxy groups -OCH3 is 1. The van der Waals surface area contributed by atoms with Crippen molar-refractivity contribution in [3.63, 3.8) is 0 Å². The summed E-state index contributed by atoms with van der Waals surface area (Å²) in [5.74, 6) is -1.16. The van der Waals surface area contributed by atoms with Crippen molar-refractivity contribution in [2.24, 2.45) is 0 Å². The molecule has 16 heavy (non-hydrogen) atoms. The van der Waals surface area contributed by atoms with E-state index in [0.717, 1.165) is 0 Å². The van der Waals surface area contributed by atoms with Crippen LogP contribution < -0.4 is 4.74 Å². The third kappa shape index (κ3) is 2.85. The molecule has 0 amide bonds. The Bertz CT molecular complexity index is 393. The van der Waals surface area contributed by atoms with E-state index in [1.165, 1.54) is 19.2 Å². The van der Waals surface area contributed by atoms with E-state index in [1.54, 1.807) is 6.92 Å². The highest BCUT2D eigenvalue weighted by atomic mass is 35.5. The van der Waals surface area contributed by atoms with Gasteiger partial charge in [-0.05, 0) is 13.0 Å². The number of hydrogen-bond acceptors (Lipinski definition) is 3. The molecule has 3 nitrogen and oxygen atoms in total. The summed E-state index contributed by atoms with van der Waals surface area (Å²) in [5, 5.41) is 0.174. The normalized spacial score (nSPS) is 10.0. The Kier molecular flexibility index (Phi) is 4.55. The van der Waals surface area contributed by atoms with Crippen molar-refractivity contribution in [2.45, 2.75) is 13.3 Å². The van der Waals surface area contributed by atoms with Crippen molar-refractivity contribution in [2.75, 3.05) is 13.7 Å². The number of hydrogen-bond donors (Lipinski definition) is 0. The standard InChI is InChI=1S/C11H12ClFO3/c1-3-16-9(14)6-7-4-5-8(12)11(15-2)10(7)13/h4-5H,3,6H2,1-2H3. The maximum atomic E-state index is 13.7. The number of carbonyl (C=O) groups is 1. The van der Waals surface area contributed by atoms with Gasteiger partial charge in [0.1, 0.15) is 0 Å². The lowest BCUT2D eigenvalue weighted by Crippen LogP contribution is -2.09. The molecule has 0 unspecified atom stereocenters. The van der Waals surface area contributed by atoms with E-state index < -0.39 is 11.8 Å². The number of benzene rings is 1. The van der Waals surface area contributed by atoms with Crippen molar-refractivity contribution in [3.05, 3.63) is 28.5 Å². The van der Waals surface area contributed by atoms with Crippen molar-refractivity contribution in [1.82, 2.24) is 0 Å². The Morgan fingerprint density at radius 1 is 1.50 bits per heavy atom. The molecule has 0 saturated heterocycles. The van der Waals surface area contributed by atoms with E-state index in [0.29, 0.717) is 0 Å². The van der Waals surface area contributed by atoms with Gasteiger partial charge in [-0.1, -0.05) is 17.7 Å². The second kappa shape index (κ2) is 5.70. The number of halogens is 2. The molecule has 0 bridgehead atoms. The zero-order valence-corrected chi connectivity index (χ0v) is 9.81. The van der Waals surface area contributed by atoms with Gasteiger partial charge in [0.25, 0.3) is 0 Å².